The van der Waals surface area contributed by atoms with Gasteiger partial charge in [-0.05, 0) is 18.7 Å². The maximum Gasteiger partial charge on any atom is 0.115 e. The van der Waals surface area contributed by atoms with Gasteiger partial charge in [0.05, 0.1) is 0 Å². The van der Waals surface area contributed by atoms with E-state index in [4.69, 9.17) is 11.5 Å². The van der Waals surface area contributed by atoms with Crippen molar-refractivity contribution in [2.75, 3.05) is 0 Å². The molecule has 0 spiro atoms. The summed E-state index contributed by atoms with van der Waals surface area (Å²) in [6.45, 7) is 5.20. The molecule has 0 fully saturated rings. The maximum absolute atomic E-state index is 5.14. The molecule has 0 aliphatic heterocycles. The molecule has 0 heterocycles. The van der Waals surface area contributed by atoms with Gasteiger partial charge in [-0.1, -0.05) is 6.58 Å². The largest absolute Gasteiger partial charge is 0.404 e. The first kappa shape index (κ1) is 7.75. The standard InChI is InChI=1S/C6H11N3/c1-5(3-7)4-9-6(2)8/h3-4H,2,7-8H2,1H3/b5-3-,9-4?. The lowest BCUT2D eigenvalue weighted by Crippen LogP contribution is -1.92. The summed E-state index contributed by atoms with van der Waals surface area (Å²) in [5, 5.41) is 0. The summed E-state index contributed by atoms with van der Waals surface area (Å²) in [5.41, 5.74) is 11.1. The molecule has 0 aliphatic rings. The van der Waals surface area contributed by atoms with E-state index < -0.39 is 0 Å². The van der Waals surface area contributed by atoms with Crippen LogP contribution in [-0.4, -0.2) is 6.21 Å². The minimum Gasteiger partial charge on any atom is -0.404 e. The number of hydrogen-bond donors (Lipinski definition) is 2. The number of rotatable bonds is 2. The number of aliphatic imine (C=N–C) groups is 1. The van der Waals surface area contributed by atoms with Gasteiger partial charge in [0.25, 0.3) is 0 Å². The van der Waals surface area contributed by atoms with E-state index in [0.717, 1.165) is 5.57 Å². The number of hydrogen-bond acceptors (Lipinski definition) is 3. The molecule has 0 saturated heterocycles. The molecule has 3 heteroatoms. The molecule has 0 aromatic heterocycles. The van der Waals surface area contributed by atoms with Crippen LogP contribution >= 0.6 is 0 Å². The van der Waals surface area contributed by atoms with Crippen LogP contribution in [0.15, 0.2) is 29.2 Å². The van der Waals surface area contributed by atoms with Crippen molar-refractivity contribution in [1.82, 2.24) is 0 Å². The Labute approximate surface area is 54.8 Å². The monoisotopic (exact) mass is 125 g/mol. The highest BCUT2D eigenvalue weighted by Crippen LogP contribution is 1.84. The van der Waals surface area contributed by atoms with Gasteiger partial charge in [0, 0.05) is 6.21 Å². The molecule has 0 aliphatic carbocycles. The van der Waals surface area contributed by atoms with Crippen molar-refractivity contribution in [2.45, 2.75) is 6.92 Å². The van der Waals surface area contributed by atoms with Crippen LogP contribution in [-0.2, 0) is 0 Å². The quantitative estimate of drug-likeness (QED) is 0.523. The lowest BCUT2D eigenvalue weighted by molar-refractivity contribution is 1.27. The molecular weight excluding hydrogens is 114 g/mol. The molecule has 0 unspecified atom stereocenters. The lowest BCUT2D eigenvalue weighted by atomic mass is 10.4. The van der Waals surface area contributed by atoms with Crippen molar-refractivity contribution in [2.24, 2.45) is 16.5 Å². The van der Waals surface area contributed by atoms with E-state index in [1.54, 1.807) is 6.21 Å². The van der Waals surface area contributed by atoms with Crippen molar-refractivity contribution >= 4 is 6.21 Å². The maximum atomic E-state index is 5.14. The van der Waals surface area contributed by atoms with Gasteiger partial charge in [0.2, 0.25) is 0 Å². The molecule has 0 amide bonds. The van der Waals surface area contributed by atoms with Gasteiger partial charge in [0.15, 0.2) is 0 Å². The SMILES string of the molecule is C=C(N)N=C/C(C)=C\N. The van der Waals surface area contributed by atoms with E-state index in [1.165, 1.54) is 6.20 Å². The van der Waals surface area contributed by atoms with Gasteiger partial charge in [0.1, 0.15) is 5.82 Å². The summed E-state index contributed by atoms with van der Waals surface area (Å²) >= 11 is 0. The van der Waals surface area contributed by atoms with Crippen LogP contribution < -0.4 is 11.5 Å². The fraction of sp³-hybridized carbons (Fsp3) is 0.167. The number of allylic oxidation sites excluding steroid dienone is 1. The average Bonchev–Trinajstić information content (AvgIpc) is 1.83. The zero-order valence-corrected chi connectivity index (χ0v) is 5.46. The average molecular weight is 125 g/mol. The van der Waals surface area contributed by atoms with E-state index in [2.05, 4.69) is 11.6 Å². The van der Waals surface area contributed by atoms with Crippen LogP contribution in [0.3, 0.4) is 0 Å². The van der Waals surface area contributed by atoms with Crippen molar-refractivity contribution in [3.05, 3.63) is 24.2 Å². The van der Waals surface area contributed by atoms with Gasteiger partial charge in [-0.2, -0.15) is 0 Å². The van der Waals surface area contributed by atoms with E-state index >= 15 is 0 Å². The Morgan fingerprint density at radius 3 is 2.56 bits per heavy atom. The smallest absolute Gasteiger partial charge is 0.115 e. The zero-order valence-electron chi connectivity index (χ0n) is 5.46. The second-order valence-corrected chi connectivity index (χ2v) is 1.66. The summed E-state index contributed by atoms with van der Waals surface area (Å²) in [6, 6.07) is 0. The molecule has 9 heavy (non-hydrogen) atoms. The van der Waals surface area contributed by atoms with Crippen LogP contribution in [0.25, 0.3) is 0 Å². The van der Waals surface area contributed by atoms with Crippen molar-refractivity contribution in [3.63, 3.8) is 0 Å². The van der Waals surface area contributed by atoms with Crippen LogP contribution in [0, 0.1) is 0 Å². The Balaban J connectivity index is 3.86. The Hall–Kier alpha value is -1.25. The first-order chi connectivity index (χ1) is 4.16. The predicted octanol–water partition coefficient (Wildman–Crippen LogP) is 0.350. The van der Waals surface area contributed by atoms with Crippen molar-refractivity contribution in [1.29, 1.82) is 0 Å². The first-order valence-corrected chi connectivity index (χ1v) is 2.53. The molecule has 0 bridgehead atoms. The van der Waals surface area contributed by atoms with Crippen LogP contribution in [0.4, 0.5) is 0 Å². The second-order valence-electron chi connectivity index (χ2n) is 1.66. The third-order valence-corrected chi connectivity index (χ3v) is 0.697. The zero-order chi connectivity index (χ0) is 7.28. The van der Waals surface area contributed by atoms with Crippen molar-refractivity contribution in [3.8, 4) is 0 Å². The highest BCUT2D eigenvalue weighted by molar-refractivity contribution is 5.78. The summed E-state index contributed by atoms with van der Waals surface area (Å²) in [5.74, 6) is 0.288. The third kappa shape index (κ3) is 4.61. The molecule has 0 aromatic carbocycles. The van der Waals surface area contributed by atoms with Crippen LogP contribution in [0.1, 0.15) is 6.92 Å². The molecule has 0 radical (unpaired) electrons. The van der Waals surface area contributed by atoms with Gasteiger partial charge >= 0.3 is 0 Å². The highest BCUT2D eigenvalue weighted by Gasteiger charge is 1.77. The van der Waals surface area contributed by atoms with E-state index in [9.17, 15) is 0 Å². The molecular formula is C6H11N3. The number of nitrogens with two attached hydrogens (primary N) is 2. The molecule has 0 atom stereocenters. The minimum absolute atomic E-state index is 0.288. The molecule has 0 saturated carbocycles. The summed E-state index contributed by atoms with van der Waals surface area (Å²) < 4.78 is 0. The Morgan fingerprint density at radius 2 is 2.22 bits per heavy atom. The summed E-state index contributed by atoms with van der Waals surface area (Å²) in [7, 11) is 0. The Kier molecular flexibility index (Phi) is 3.20. The molecule has 0 aromatic rings. The number of nitrogens with zero attached hydrogens (tertiary/aromatic N) is 1. The van der Waals surface area contributed by atoms with Crippen LogP contribution in [0.2, 0.25) is 0 Å². The van der Waals surface area contributed by atoms with Gasteiger partial charge < -0.3 is 11.5 Å². The van der Waals surface area contributed by atoms with E-state index in [1.807, 2.05) is 6.92 Å². The molecule has 50 valence electrons. The fourth-order valence-electron chi connectivity index (χ4n) is 0.228. The summed E-state index contributed by atoms with van der Waals surface area (Å²) in [4.78, 5) is 3.71. The van der Waals surface area contributed by atoms with Gasteiger partial charge in [-0.15, -0.1) is 0 Å². The van der Waals surface area contributed by atoms with Gasteiger partial charge in [-0.25, -0.2) is 4.99 Å². The second kappa shape index (κ2) is 3.72. The van der Waals surface area contributed by atoms with Gasteiger partial charge in [-0.3, -0.25) is 0 Å². The van der Waals surface area contributed by atoms with E-state index in [-0.39, 0.29) is 5.82 Å². The Morgan fingerprint density at radius 1 is 1.67 bits per heavy atom. The van der Waals surface area contributed by atoms with Crippen LogP contribution in [0.5, 0.6) is 0 Å². The predicted molar refractivity (Wildman–Crippen MR) is 39.8 cm³/mol. The first-order valence-electron chi connectivity index (χ1n) is 2.53. The molecule has 3 nitrogen and oxygen atoms in total. The topological polar surface area (TPSA) is 64.4 Å². The molecule has 4 N–H and O–H groups in total. The minimum atomic E-state index is 0.288. The fourth-order valence-corrected chi connectivity index (χ4v) is 0.228. The highest BCUT2D eigenvalue weighted by atomic mass is 14.9. The lowest BCUT2D eigenvalue weighted by Gasteiger charge is -1.87. The molecule has 0 rings (SSSR count). The summed E-state index contributed by atoms with van der Waals surface area (Å²) in [6.07, 6.45) is 3.01. The van der Waals surface area contributed by atoms with Crippen molar-refractivity contribution < 1.29 is 0 Å². The normalized spacial score (nSPS) is 12.3. The third-order valence-electron chi connectivity index (χ3n) is 0.697. The Bertz CT molecular complexity index is 156. The van der Waals surface area contributed by atoms with E-state index in [0.29, 0.717) is 0 Å².